The monoisotopic (exact) mass is 349 g/mol. The Morgan fingerprint density at radius 1 is 1.26 bits per heavy atom. The summed E-state index contributed by atoms with van der Waals surface area (Å²) >= 11 is 3.31. The molecule has 0 heterocycles. The van der Waals surface area contributed by atoms with Crippen LogP contribution in [-0.4, -0.2) is 26.2 Å². The number of aliphatic hydroxyl groups excluding tert-OH is 1. The van der Waals surface area contributed by atoms with Gasteiger partial charge in [-0.25, -0.2) is 13.1 Å². The molecule has 0 bridgehead atoms. The molecule has 1 aromatic carbocycles. The first kappa shape index (κ1) is 16.6. The molecule has 2 N–H and O–H groups in total. The summed E-state index contributed by atoms with van der Waals surface area (Å²) in [5.41, 5.74) is 1.01. The smallest absolute Gasteiger partial charge is 0.240 e. The van der Waals surface area contributed by atoms with Crippen LogP contribution in [0.25, 0.3) is 0 Å². The Morgan fingerprint density at radius 3 is 2.26 bits per heavy atom. The average molecular weight is 350 g/mol. The van der Waals surface area contributed by atoms with Crippen molar-refractivity contribution in [1.29, 1.82) is 0 Å². The van der Waals surface area contributed by atoms with Gasteiger partial charge in [-0.2, -0.15) is 0 Å². The molecule has 19 heavy (non-hydrogen) atoms. The summed E-state index contributed by atoms with van der Waals surface area (Å²) in [6.07, 6.45) is 0.606. The molecule has 0 saturated carbocycles. The molecule has 6 heteroatoms. The standard InChI is InChI=1S/C13H20BrNO3S/c1-10(2)7-12(9-16)15-19(17,18)13-5-3-11(8-14)4-6-13/h3-6,10,12,15-16H,7-9H2,1-2H3. The van der Waals surface area contributed by atoms with Gasteiger partial charge in [0.2, 0.25) is 10.0 Å². The Kier molecular flexibility index (Phi) is 6.46. The molecule has 0 aliphatic carbocycles. The molecular formula is C13H20BrNO3S. The predicted molar refractivity (Wildman–Crippen MR) is 79.7 cm³/mol. The van der Waals surface area contributed by atoms with Crippen molar-refractivity contribution in [3.63, 3.8) is 0 Å². The van der Waals surface area contributed by atoms with Gasteiger partial charge in [-0.3, -0.25) is 0 Å². The van der Waals surface area contributed by atoms with Crippen molar-refractivity contribution >= 4 is 26.0 Å². The van der Waals surface area contributed by atoms with Gasteiger partial charge >= 0.3 is 0 Å². The fourth-order valence-electron chi connectivity index (χ4n) is 1.77. The SMILES string of the molecule is CC(C)CC(CO)NS(=O)(=O)c1ccc(CBr)cc1. The maximum absolute atomic E-state index is 12.1. The van der Waals surface area contributed by atoms with Crippen molar-refractivity contribution in [2.24, 2.45) is 5.92 Å². The van der Waals surface area contributed by atoms with Gasteiger partial charge in [0.15, 0.2) is 0 Å². The van der Waals surface area contributed by atoms with Gasteiger partial charge in [-0.1, -0.05) is 41.9 Å². The lowest BCUT2D eigenvalue weighted by Crippen LogP contribution is -2.38. The summed E-state index contributed by atoms with van der Waals surface area (Å²) in [6.45, 7) is 3.78. The van der Waals surface area contributed by atoms with Gasteiger partial charge in [0.1, 0.15) is 0 Å². The van der Waals surface area contributed by atoms with Crippen LogP contribution in [-0.2, 0) is 15.4 Å². The molecule has 0 amide bonds. The van der Waals surface area contributed by atoms with E-state index in [1.807, 2.05) is 13.8 Å². The third-order valence-electron chi connectivity index (χ3n) is 2.69. The van der Waals surface area contributed by atoms with Crippen molar-refractivity contribution in [2.45, 2.75) is 36.5 Å². The van der Waals surface area contributed by atoms with E-state index < -0.39 is 16.1 Å². The lowest BCUT2D eigenvalue weighted by Gasteiger charge is -2.18. The maximum atomic E-state index is 12.1. The number of halogens is 1. The molecule has 1 unspecified atom stereocenters. The van der Waals surface area contributed by atoms with Crippen LogP contribution in [0.1, 0.15) is 25.8 Å². The molecule has 0 aliphatic rings. The zero-order chi connectivity index (χ0) is 14.5. The van der Waals surface area contributed by atoms with Crippen LogP contribution < -0.4 is 4.72 Å². The average Bonchev–Trinajstić information content (AvgIpc) is 2.37. The molecule has 0 fully saturated rings. The Morgan fingerprint density at radius 2 is 1.84 bits per heavy atom. The number of nitrogens with one attached hydrogen (secondary N) is 1. The third kappa shape index (κ3) is 5.22. The van der Waals surface area contributed by atoms with E-state index in [-0.39, 0.29) is 11.5 Å². The number of rotatable bonds is 7. The summed E-state index contributed by atoms with van der Waals surface area (Å²) in [6, 6.07) is 6.23. The van der Waals surface area contributed by atoms with E-state index in [0.29, 0.717) is 17.7 Å². The van der Waals surface area contributed by atoms with Crippen LogP contribution in [0.15, 0.2) is 29.2 Å². The molecule has 0 aromatic heterocycles. The van der Waals surface area contributed by atoms with Crippen LogP contribution in [0.5, 0.6) is 0 Å². The lowest BCUT2D eigenvalue weighted by molar-refractivity contribution is 0.240. The fraction of sp³-hybridized carbons (Fsp3) is 0.538. The molecular weight excluding hydrogens is 330 g/mol. The van der Waals surface area contributed by atoms with Gasteiger partial charge in [-0.15, -0.1) is 0 Å². The number of hydrogen-bond donors (Lipinski definition) is 2. The Balaban J connectivity index is 2.84. The van der Waals surface area contributed by atoms with E-state index in [2.05, 4.69) is 20.7 Å². The topological polar surface area (TPSA) is 66.4 Å². The molecule has 1 atom stereocenters. The Bertz CT molecular complexity index is 485. The molecule has 0 spiro atoms. The maximum Gasteiger partial charge on any atom is 0.240 e. The minimum absolute atomic E-state index is 0.198. The first-order valence-corrected chi connectivity index (χ1v) is 8.77. The molecule has 1 aromatic rings. The van der Waals surface area contributed by atoms with Crippen LogP contribution >= 0.6 is 15.9 Å². The molecule has 0 saturated heterocycles. The van der Waals surface area contributed by atoms with Crippen molar-refractivity contribution in [2.75, 3.05) is 6.61 Å². The summed E-state index contributed by atoms with van der Waals surface area (Å²) in [4.78, 5) is 0.222. The molecule has 0 radical (unpaired) electrons. The summed E-state index contributed by atoms with van der Waals surface area (Å²) < 4.78 is 26.8. The molecule has 1 rings (SSSR count). The number of sulfonamides is 1. The normalized spacial score (nSPS) is 13.7. The van der Waals surface area contributed by atoms with Crippen molar-refractivity contribution in [1.82, 2.24) is 4.72 Å². The summed E-state index contributed by atoms with van der Waals surface area (Å²) in [7, 11) is -3.57. The predicted octanol–water partition coefficient (Wildman–Crippen LogP) is 2.27. The molecule has 0 aliphatic heterocycles. The number of benzene rings is 1. The second kappa shape index (κ2) is 7.38. The highest BCUT2D eigenvalue weighted by Gasteiger charge is 2.20. The zero-order valence-corrected chi connectivity index (χ0v) is 13.5. The Hall–Kier alpha value is -0.430. The lowest BCUT2D eigenvalue weighted by atomic mass is 10.1. The van der Waals surface area contributed by atoms with E-state index >= 15 is 0 Å². The highest BCUT2D eigenvalue weighted by Crippen LogP contribution is 2.14. The van der Waals surface area contributed by atoms with Crippen LogP contribution in [0, 0.1) is 5.92 Å². The minimum atomic E-state index is -3.57. The second-order valence-corrected chi connectivity index (χ2v) is 7.18. The second-order valence-electron chi connectivity index (χ2n) is 4.91. The summed E-state index contributed by atoms with van der Waals surface area (Å²) in [5, 5.41) is 9.92. The quantitative estimate of drug-likeness (QED) is 0.742. The molecule has 108 valence electrons. The fourth-order valence-corrected chi connectivity index (χ4v) is 3.39. The highest BCUT2D eigenvalue weighted by atomic mass is 79.9. The van der Waals surface area contributed by atoms with Gasteiger partial charge in [-0.05, 0) is 30.0 Å². The van der Waals surface area contributed by atoms with E-state index in [1.165, 1.54) is 0 Å². The van der Waals surface area contributed by atoms with Gasteiger partial charge < -0.3 is 5.11 Å². The first-order chi connectivity index (χ1) is 8.89. The largest absolute Gasteiger partial charge is 0.395 e. The van der Waals surface area contributed by atoms with Gasteiger partial charge in [0.05, 0.1) is 11.5 Å². The van der Waals surface area contributed by atoms with E-state index in [4.69, 9.17) is 0 Å². The van der Waals surface area contributed by atoms with Gasteiger partial charge in [0, 0.05) is 11.4 Å². The van der Waals surface area contributed by atoms with E-state index in [0.717, 1.165) is 5.56 Å². The minimum Gasteiger partial charge on any atom is -0.395 e. The summed E-state index contributed by atoms with van der Waals surface area (Å²) in [5.74, 6) is 0.315. The van der Waals surface area contributed by atoms with Crippen LogP contribution in [0.2, 0.25) is 0 Å². The van der Waals surface area contributed by atoms with E-state index in [1.54, 1.807) is 24.3 Å². The van der Waals surface area contributed by atoms with Crippen molar-refractivity contribution < 1.29 is 13.5 Å². The number of hydrogen-bond acceptors (Lipinski definition) is 3. The third-order valence-corrected chi connectivity index (χ3v) is 4.87. The van der Waals surface area contributed by atoms with Gasteiger partial charge in [0.25, 0.3) is 0 Å². The highest BCUT2D eigenvalue weighted by molar-refractivity contribution is 9.08. The van der Waals surface area contributed by atoms with Crippen LogP contribution in [0.3, 0.4) is 0 Å². The van der Waals surface area contributed by atoms with Crippen molar-refractivity contribution in [3.8, 4) is 0 Å². The van der Waals surface area contributed by atoms with E-state index in [9.17, 15) is 13.5 Å². The Labute approximate surface area is 123 Å². The first-order valence-electron chi connectivity index (χ1n) is 6.17. The number of alkyl halides is 1. The molecule has 4 nitrogen and oxygen atoms in total. The zero-order valence-electron chi connectivity index (χ0n) is 11.1. The van der Waals surface area contributed by atoms with Crippen LogP contribution in [0.4, 0.5) is 0 Å². The number of aliphatic hydroxyl groups is 1. The van der Waals surface area contributed by atoms with Crippen molar-refractivity contribution in [3.05, 3.63) is 29.8 Å².